The fourth-order valence-corrected chi connectivity index (χ4v) is 2.59. The van der Waals surface area contributed by atoms with Gasteiger partial charge in [-0.2, -0.15) is 0 Å². The van der Waals surface area contributed by atoms with Crippen LogP contribution in [0.5, 0.6) is 0 Å². The van der Waals surface area contributed by atoms with Crippen LogP contribution >= 0.6 is 35.3 Å². The van der Waals surface area contributed by atoms with E-state index in [0.717, 1.165) is 43.2 Å². The van der Waals surface area contributed by atoms with Crippen LogP contribution in [-0.2, 0) is 0 Å². The van der Waals surface area contributed by atoms with E-state index in [0.29, 0.717) is 6.54 Å². The molecule has 1 aromatic heterocycles. The Hall–Kier alpha value is -1.09. The van der Waals surface area contributed by atoms with Crippen LogP contribution in [0.2, 0.25) is 0 Å². The highest BCUT2D eigenvalue weighted by molar-refractivity contribution is 14.0. The number of aliphatic imine (C=N–C) groups is 1. The fourth-order valence-electron chi connectivity index (χ4n) is 1.95. The first-order valence-electron chi connectivity index (χ1n) is 7.53. The average Bonchev–Trinajstić information content (AvgIpc) is 3.05. The van der Waals surface area contributed by atoms with Crippen molar-refractivity contribution in [3.8, 4) is 0 Å². The van der Waals surface area contributed by atoms with E-state index in [4.69, 9.17) is 0 Å². The summed E-state index contributed by atoms with van der Waals surface area (Å²) < 4.78 is 0. The quantitative estimate of drug-likeness (QED) is 0.200. The molecule has 0 spiro atoms. The van der Waals surface area contributed by atoms with Gasteiger partial charge < -0.3 is 15.5 Å². The van der Waals surface area contributed by atoms with Crippen LogP contribution in [0.25, 0.3) is 0 Å². The summed E-state index contributed by atoms with van der Waals surface area (Å²) in [5.41, 5.74) is 0. The van der Waals surface area contributed by atoms with Gasteiger partial charge in [-0.25, -0.2) is 0 Å². The molecule has 0 aliphatic rings. The van der Waals surface area contributed by atoms with Crippen LogP contribution in [0.1, 0.15) is 28.9 Å². The molecule has 5 nitrogen and oxygen atoms in total. The first-order valence-corrected chi connectivity index (χ1v) is 8.41. The van der Waals surface area contributed by atoms with E-state index in [-0.39, 0.29) is 29.9 Å². The number of carbonyl (C=O) groups excluding carboxylic acids is 1. The standard InChI is InChI=1S/C16H26N4OS.HI/c1-4-5-6-12-20(3)16(17-2)19-11-8-10-18-15(21)14-9-7-13-22-14;/h4,7,9,13H,1,5-6,8,10-12H2,2-3H3,(H,17,19)(H,18,21);1H. The minimum Gasteiger partial charge on any atom is -0.356 e. The molecular weight excluding hydrogens is 423 g/mol. The van der Waals surface area contributed by atoms with Crippen molar-refractivity contribution in [1.29, 1.82) is 0 Å². The molecule has 1 rings (SSSR count). The Morgan fingerprint density at radius 2 is 2.13 bits per heavy atom. The minimum absolute atomic E-state index is 0. The van der Waals surface area contributed by atoms with Gasteiger partial charge in [-0.3, -0.25) is 9.79 Å². The Morgan fingerprint density at radius 3 is 2.74 bits per heavy atom. The third-order valence-electron chi connectivity index (χ3n) is 3.14. The van der Waals surface area contributed by atoms with Gasteiger partial charge in [-0.05, 0) is 30.7 Å². The Labute approximate surface area is 160 Å². The molecule has 0 unspecified atom stereocenters. The van der Waals surface area contributed by atoms with E-state index in [2.05, 4.69) is 27.1 Å². The van der Waals surface area contributed by atoms with Gasteiger partial charge in [0.2, 0.25) is 0 Å². The van der Waals surface area contributed by atoms with Gasteiger partial charge >= 0.3 is 0 Å². The molecule has 1 amide bonds. The molecule has 23 heavy (non-hydrogen) atoms. The lowest BCUT2D eigenvalue weighted by molar-refractivity contribution is 0.0957. The monoisotopic (exact) mass is 450 g/mol. The Bertz CT molecular complexity index is 476. The first-order chi connectivity index (χ1) is 10.7. The van der Waals surface area contributed by atoms with Crippen molar-refractivity contribution < 1.29 is 4.79 Å². The van der Waals surface area contributed by atoms with Crippen molar-refractivity contribution in [3.05, 3.63) is 35.0 Å². The summed E-state index contributed by atoms with van der Waals surface area (Å²) in [5.74, 6) is 0.884. The maximum absolute atomic E-state index is 11.8. The zero-order chi connectivity index (χ0) is 16.2. The third-order valence-corrected chi connectivity index (χ3v) is 4.01. The summed E-state index contributed by atoms with van der Waals surface area (Å²) in [5, 5.41) is 8.13. The van der Waals surface area contributed by atoms with Gasteiger partial charge in [0, 0.05) is 33.7 Å². The normalized spacial score (nSPS) is 10.6. The molecule has 0 aromatic carbocycles. The summed E-state index contributed by atoms with van der Waals surface area (Å²) in [4.78, 5) is 18.9. The molecule has 2 N–H and O–H groups in total. The van der Waals surface area contributed by atoms with Crippen molar-refractivity contribution in [3.63, 3.8) is 0 Å². The Morgan fingerprint density at radius 1 is 1.39 bits per heavy atom. The topological polar surface area (TPSA) is 56.7 Å². The highest BCUT2D eigenvalue weighted by atomic mass is 127. The van der Waals surface area contributed by atoms with E-state index < -0.39 is 0 Å². The summed E-state index contributed by atoms with van der Waals surface area (Å²) in [6.07, 6.45) is 4.87. The number of rotatable bonds is 9. The van der Waals surface area contributed by atoms with Gasteiger partial charge in [0.1, 0.15) is 0 Å². The highest BCUT2D eigenvalue weighted by Gasteiger charge is 2.06. The molecule has 130 valence electrons. The number of guanidine groups is 1. The van der Waals surface area contributed by atoms with Gasteiger partial charge in [-0.1, -0.05) is 12.1 Å². The molecular formula is C16H27IN4OS. The number of allylic oxidation sites excluding steroid dienone is 1. The number of unbranched alkanes of at least 4 members (excludes halogenated alkanes) is 1. The summed E-state index contributed by atoms with van der Waals surface area (Å²) in [7, 11) is 3.81. The zero-order valence-electron chi connectivity index (χ0n) is 13.9. The second-order valence-corrected chi connectivity index (χ2v) is 5.86. The molecule has 0 radical (unpaired) electrons. The molecule has 1 heterocycles. The van der Waals surface area contributed by atoms with E-state index >= 15 is 0 Å². The van der Waals surface area contributed by atoms with Crippen molar-refractivity contribution in [2.24, 2.45) is 4.99 Å². The third kappa shape index (κ3) is 8.95. The van der Waals surface area contributed by atoms with Gasteiger partial charge in [0.25, 0.3) is 5.91 Å². The number of hydrogen-bond donors (Lipinski definition) is 2. The van der Waals surface area contributed by atoms with E-state index in [1.807, 2.05) is 30.6 Å². The van der Waals surface area contributed by atoms with Crippen LogP contribution in [0.3, 0.4) is 0 Å². The molecule has 0 saturated carbocycles. The van der Waals surface area contributed by atoms with Crippen LogP contribution in [0.4, 0.5) is 0 Å². The molecule has 0 aliphatic carbocycles. The number of nitrogens with one attached hydrogen (secondary N) is 2. The van der Waals surface area contributed by atoms with Crippen LogP contribution in [-0.4, -0.2) is 50.5 Å². The maximum atomic E-state index is 11.8. The molecule has 0 fully saturated rings. The Balaban J connectivity index is 0.00000484. The van der Waals surface area contributed by atoms with Crippen molar-refractivity contribution in [2.75, 3.05) is 33.7 Å². The number of carbonyl (C=O) groups is 1. The summed E-state index contributed by atoms with van der Waals surface area (Å²) in [6, 6.07) is 3.71. The number of halogens is 1. The molecule has 1 aromatic rings. The molecule has 0 atom stereocenters. The smallest absolute Gasteiger partial charge is 0.261 e. The summed E-state index contributed by atoms with van der Waals surface area (Å²) in [6.45, 7) is 6.11. The second kappa shape index (κ2) is 13.4. The average molecular weight is 450 g/mol. The number of nitrogens with zero attached hydrogens (tertiary/aromatic N) is 2. The molecule has 7 heteroatoms. The van der Waals surface area contributed by atoms with E-state index in [9.17, 15) is 4.79 Å². The minimum atomic E-state index is 0. The highest BCUT2D eigenvalue weighted by Crippen LogP contribution is 2.07. The molecule has 0 aliphatic heterocycles. The van der Waals surface area contributed by atoms with Gasteiger partial charge in [0.15, 0.2) is 5.96 Å². The lowest BCUT2D eigenvalue weighted by Gasteiger charge is -2.21. The van der Waals surface area contributed by atoms with Crippen LogP contribution < -0.4 is 10.6 Å². The maximum Gasteiger partial charge on any atom is 0.261 e. The van der Waals surface area contributed by atoms with Crippen molar-refractivity contribution in [1.82, 2.24) is 15.5 Å². The largest absolute Gasteiger partial charge is 0.356 e. The summed E-state index contributed by atoms with van der Waals surface area (Å²) >= 11 is 1.46. The van der Waals surface area contributed by atoms with Crippen molar-refractivity contribution >= 4 is 47.2 Å². The molecule has 0 saturated heterocycles. The predicted octanol–water partition coefficient (Wildman–Crippen LogP) is 2.96. The van der Waals surface area contributed by atoms with Crippen molar-refractivity contribution in [2.45, 2.75) is 19.3 Å². The second-order valence-electron chi connectivity index (χ2n) is 4.91. The van der Waals surface area contributed by atoms with Gasteiger partial charge in [-0.15, -0.1) is 41.9 Å². The zero-order valence-corrected chi connectivity index (χ0v) is 17.0. The van der Waals surface area contributed by atoms with E-state index in [1.165, 1.54) is 11.3 Å². The fraction of sp³-hybridized carbons (Fsp3) is 0.500. The first kappa shape index (κ1) is 21.9. The van der Waals surface area contributed by atoms with Crippen LogP contribution in [0, 0.1) is 0 Å². The van der Waals surface area contributed by atoms with Crippen LogP contribution in [0.15, 0.2) is 35.2 Å². The Kier molecular flexibility index (Phi) is 12.7. The van der Waals surface area contributed by atoms with Gasteiger partial charge in [0.05, 0.1) is 4.88 Å². The predicted molar refractivity (Wildman–Crippen MR) is 110 cm³/mol. The SMILES string of the molecule is C=CCCCN(C)C(=NC)NCCCNC(=O)c1cccs1.I. The lowest BCUT2D eigenvalue weighted by Crippen LogP contribution is -2.40. The number of amides is 1. The number of hydrogen-bond acceptors (Lipinski definition) is 3. The molecule has 0 bridgehead atoms. The number of thiophene rings is 1. The lowest BCUT2D eigenvalue weighted by atomic mass is 10.3. The van der Waals surface area contributed by atoms with E-state index in [1.54, 1.807) is 7.05 Å².